The third-order valence-electron chi connectivity index (χ3n) is 3.65. The van der Waals surface area contributed by atoms with Crippen molar-refractivity contribution in [3.63, 3.8) is 0 Å². The quantitative estimate of drug-likeness (QED) is 0.736. The number of nitrogens with zero attached hydrogens (tertiary/aromatic N) is 5. The van der Waals surface area contributed by atoms with Crippen molar-refractivity contribution in [3.05, 3.63) is 30.1 Å². The number of anilines is 1. The lowest BCUT2D eigenvalue weighted by molar-refractivity contribution is -0.145. The Kier molecular flexibility index (Phi) is 4.70. The van der Waals surface area contributed by atoms with Crippen LogP contribution < -0.4 is 9.64 Å². The maximum atomic E-state index is 10.9. The van der Waals surface area contributed by atoms with Crippen molar-refractivity contribution in [1.82, 2.24) is 20.2 Å². The van der Waals surface area contributed by atoms with Gasteiger partial charge < -0.3 is 14.4 Å². The predicted molar refractivity (Wildman–Crippen MR) is 82.1 cm³/mol. The highest BCUT2D eigenvalue weighted by Gasteiger charge is 2.17. The van der Waals surface area contributed by atoms with Gasteiger partial charge in [0.1, 0.15) is 12.4 Å². The highest BCUT2D eigenvalue weighted by molar-refractivity contribution is 5.65. The molecule has 2 heterocycles. The topological polar surface area (TPSA) is 82.4 Å². The first-order valence-electron chi connectivity index (χ1n) is 7.59. The second-order valence-electron chi connectivity index (χ2n) is 5.27. The molecule has 0 spiro atoms. The summed E-state index contributed by atoms with van der Waals surface area (Å²) in [6.45, 7) is 3.87. The number of rotatable bonds is 6. The summed E-state index contributed by atoms with van der Waals surface area (Å²) >= 11 is 0. The fourth-order valence-corrected chi connectivity index (χ4v) is 2.54. The molecule has 0 aliphatic carbocycles. The Morgan fingerprint density at radius 1 is 1.39 bits per heavy atom. The van der Waals surface area contributed by atoms with Gasteiger partial charge in [0.05, 0.1) is 12.2 Å². The van der Waals surface area contributed by atoms with E-state index in [0.717, 1.165) is 30.9 Å². The Labute approximate surface area is 134 Å². The van der Waals surface area contributed by atoms with Gasteiger partial charge >= 0.3 is 5.97 Å². The summed E-state index contributed by atoms with van der Waals surface area (Å²) in [5.41, 5.74) is 1.12. The first-order valence-corrected chi connectivity index (χ1v) is 7.59. The Morgan fingerprint density at radius 3 is 3.13 bits per heavy atom. The third kappa shape index (κ3) is 3.77. The van der Waals surface area contributed by atoms with E-state index in [4.69, 9.17) is 9.47 Å². The van der Waals surface area contributed by atoms with Crippen LogP contribution in [0.1, 0.15) is 19.2 Å². The van der Waals surface area contributed by atoms with Gasteiger partial charge in [0.15, 0.2) is 12.6 Å². The maximum absolute atomic E-state index is 10.9. The van der Waals surface area contributed by atoms with Gasteiger partial charge in [-0.25, -0.2) is 0 Å². The Morgan fingerprint density at radius 2 is 2.26 bits per heavy atom. The van der Waals surface area contributed by atoms with Gasteiger partial charge in [0.2, 0.25) is 0 Å². The van der Waals surface area contributed by atoms with E-state index in [2.05, 4.69) is 26.5 Å². The molecule has 3 rings (SSSR count). The molecule has 0 unspecified atom stereocenters. The molecule has 23 heavy (non-hydrogen) atoms. The van der Waals surface area contributed by atoms with Crippen LogP contribution in [0.15, 0.2) is 24.3 Å². The summed E-state index contributed by atoms with van der Waals surface area (Å²) in [4.78, 5) is 13.2. The number of benzene rings is 1. The summed E-state index contributed by atoms with van der Waals surface area (Å²) in [6.07, 6.45) is 1.61. The van der Waals surface area contributed by atoms with Crippen molar-refractivity contribution in [1.29, 1.82) is 0 Å². The molecule has 1 aliphatic heterocycles. The van der Waals surface area contributed by atoms with Crippen LogP contribution in [0.3, 0.4) is 0 Å². The van der Waals surface area contributed by atoms with Gasteiger partial charge in [-0.2, -0.15) is 4.68 Å². The number of esters is 1. The molecule has 0 bridgehead atoms. The van der Waals surface area contributed by atoms with Crippen molar-refractivity contribution in [2.75, 3.05) is 24.6 Å². The van der Waals surface area contributed by atoms with Gasteiger partial charge in [0, 0.05) is 19.9 Å². The molecule has 0 atom stereocenters. The number of aryl methyl sites for hydroxylation is 1. The number of para-hydroxylation sites is 2. The fraction of sp³-hybridized carbons (Fsp3) is 0.467. The molecule has 0 fully saturated rings. The second kappa shape index (κ2) is 7.08. The molecular formula is C15H19N5O3. The van der Waals surface area contributed by atoms with Gasteiger partial charge in [0.25, 0.3) is 0 Å². The average molecular weight is 317 g/mol. The second-order valence-corrected chi connectivity index (χ2v) is 5.27. The van der Waals surface area contributed by atoms with Crippen LogP contribution in [-0.2, 0) is 22.7 Å². The number of carbonyl (C=O) groups excluding carboxylic acids is 1. The van der Waals surface area contributed by atoms with Gasteiger partial charge in [-0.1, -0.05) is 12.1 Å². The molecule has 0 radical (unpaired) electrons. The van der Waals surface area contributed by atoms with Crippen molar-refractivity contribution in [2.45, 2.75) is 26.5 Å². The number of aromatic nitrogens is 4. The summed E-state index contributed by atoms with van der Waals surface area (Å²) in [6, 6.07) is 8.05. The van der Waals surface area contributed by atoms with Crippen LogP contribution in [0, 0.1) is 0 Å². The van der Waals surface area contributed by atoms with Crippen LogP contribution in [0.5, 0.6) is 5.75 Å². The predicted octanol–water partition coefficient (Wildman–Crippen LogP) is 1.03. The molecule has 0 saturated carbocycles. The molecule has 122 valence electrons. The standard InChI is InChI=1S/C15H19N5O3/c1-12(21)23-11-20-15(16-17-18-20)7-4-8-19-9-10-22-14-6-3-2-5-13(14)19/h2-3,5-6H,4,7-11H2,1H3. The molecule has 8 nitrogen and oxygen atoms in total. The minimum Gasteiger partial charge on any atom is -0.490 e. The van der Waals surface area contributed by atoms with Gasteiger partial charge in [-0.3, -0.25) is 4.79 Å². The van der Waals surface area contributed by atoms with E-state index in [1.54, 1.807) is 0 Å². The minimum absolute atomic E-state index is 0.0536. The molecule has 1 aliphatic rings. The lowest BCUT2D eigenvalue weighted by atomic mass is 10.2. The normalized spacial score (nSPS) is 13.3. The zero-order valence-electron chi connectivity index (χ0n) is 13.0. The van der Waals surface area contributed by atoms with E-state index in [1.807, 2.05) is 18.2 Å². The van der Waals surface area contributed by atoms with Gasteiger partial charge in [-0.15, -0.1) is 5.10 Å². The first kappa shape index (κ1) is 15.3. The number of fused-ring (bicyclic) bond motifs is 1. The van der Waals surface area contributed by atoms with Crippen LogP contribution in [0.2, 0.25) is 0 Å². The Hall–Kier alpha value is -2.64. The molecule has 2 aromatic rings. The van der Waals surface area contributed by atoms with Crippen LogP contribution >= 0.6 is 0 Å². The van der Waals surface area contributed by atoms with E-state index < -0.39 is 0 Å². The molecule has 0 saturated heterocycles. The van der Waals surface area contributed by atoms with Crippen LogP contribution in [0.25, 0.3) is 0 Å². The summed E-state index contributed by atoms with van der Waals surface area (Å²) < 4.78 is 12.1. The molecule has 1 aromatic heterocycles. The Bertz CT molecular complexity index is 673. The number of ether oxygens (including phenoxy) is 2. The monoisotopic (exact) mass is 317 g/mol. The number of tetrazole rings is 1. The van der Waals surface area contributed by atoms with E-state index in [0.29, 0.717) is 18.9 Å². The molecule has 0 N–H and O–H groups in total. The zero-order valence-corrected chi connectivity index (χ0v) is 13.0. The molecule has 0 amide bonds. The number of carbonyl (C=O) groups is 1. The van der Waals surface area contributed by atoms with Crippen molar-refractivity contribution in [2.24, 2.45) is 0 Å². The highest BCUT2D eigenvalue weighted by atomic mass is 16.5. The van der Waals surface area contributed by atoms with Crippen molar-refractivity contribution >= 4 is 11.7 Å². The SMILES string of the molecule is CC(=O)OCn1nnnc1CCCN1CCOc2ccccc21. The van der Waals surface area contributed by atoms with E-state index in [-0.39, 0.29) is 12.7 Å². The summed E-state index contributed by atoms with van der Waals surface area (Å²) in [5.74, 6) is 1.29. The first-order chi connectivity index (χ1) is 11.2. The fourth-order valence-electron chi connectivity index (χ4n) is 2.54. The third-order valence-corrected chi connectivity index (χ3v) is 3.65. The van der Waals surface area contributed by atoms with Gasteiger partial charge in [-0.05, 0) is 29.0 Å². The van der Waals surface area contributed by atoms with Crippen LogP contribution in [0.4, 0.5) is 5.69 Å². The summed E-state index contributed by atoms with van der Waals surface area (Å²) in [5, 5.41) is 11.5. The molecular weight excluding hydrogens is 298 g/mol. The van der Waals surface area contributed by atoms with E-state index in [9.17, 15) is 4.79 Å². The lowest BCUT2D eigenvalue weighted by Crippen LogP contribution is -2.33. The van der Waals surface area contributed by atoms with Crippen LogP contribution in [-0.4, -0.2) is 45.9 Å². The average Bonchev–Trinajstić information content (AvgIpc) is 3.00. The Balaban J connectivity index is 1.55. The zero-order chi connectivity index (χ0) is 16.1. The molecule has 1 aromatic carbocycles. The smallest absolute Gasteiger partial charge is 0.304 e. The molecule has 8 heteroatoms. The van der Waals surface area contributed by atoms with Crippen molar-refractivity contribution < 1.29 is 14.3 Å². The minimum atomic E-state index is -0.351. The van der Waals surface area contributed by atoms with E-state index in [1.165, 1.54) is 11.6 Å². The summed E-state index contributed by atoms with van der Waals surface area (Å²) in [7, 11) is 0. The number of hydrogen-bond donors (Lipinski definition) is 0. The van der Waals surface area contributed by atoms with E-state index >= 15 is 0 Å². The highest BCUT2D eigenvalue weighted by Crippen LogP contribution is 2.30. The lowest BCUT2D eigenvalue weighted by Gasteiger charge is -2.31. The largest absolute Gasteiger partial charge is 0.490 e. The maximum Gasteiger partial charge on any atom is 0.304 e. The number of hydrogen-bond acceptors (Lipinski definition) is 7. The van der Waals surface area contributed by atoms with Crippen molar-refractivity contribution in [3.8, 4) is 5.75 Å².